The molecule has 0 aliphatic heterocycles. The number of carbonyl (C=O) groups excluding carboxylic acids is 1. The third kappa shape index (κ3) is 1.45. The Balaban J connectivity index is 2.72. The minimum absolute atomic E-state index is 0.129. The first-order chi connectivity index (χ1) is 5.07. The molecule has 2 atom stereocenters. The molecule has 1 aliphatic rings. The van der Waals surface area contributed by atoms with E-state index in [2.05, 4.69) is 0 Å². The quantitative estimate of drug-likeness (QED) is 0.625. The van der Waals surface area contributed by atoms with Crippen LogP contribution >= 0.6 is 0 Å². The van der Waals surface area contributed by atoms with Gasteiger partial charge in [0.05, 0.1) is 11.5 Å². The molecular weight excluding hydrogens is 140 g/mol. The van der Waals surface area contributed by atoms with Crippen LogP contribution in [0.15, 0.2) is 0 Å². The summed E-state index contributed by atoms with van der Waals surface area (Å²) in [5.74, 6) is 0.129. The maximum atomic E-state index is 11.2. The molecule has 0 spiro atoms. The van der Waals surface area contributed by atoms with Crippen LogP contribution in [0.2, 0.25) is 0 Å². The van der Waals surface area contributed by atoms with Crippen LogP contribution in [0.1, 0.15) is 39.5 Å². The lowest BCUT2D eigenvalue weighted by Gasteiger charge is -2.35. The zero-order valence-corrected chi connectivity index (χ0v) is 7.26. The highest BCUT2D eigenvalue weighted by atomic mass is 16.3. The van der Waals surface area contributed by atoms with Gasteiger partial charge in [0.1, 0.15) is 5.78 Å². The average Bonchev–Trinajstić information content (AvgIpc) is 1.95. The summed E-state index contributed by atoms with van der Waals surface area (Å²) in [6, 6.07) is 0. The topological polar surface area (TPSA) is 37.3 Å². The lowest BCUT2D eigenvalue weighted by atomic mass is 9.71. The number of ketones is 1. The summed E-state index contributed by atoms with van der Waals surface area (Å²) in [4.78, 5) is 11.2. The van der Waals surface area contributed by atoms with Crippen LogP contribution in [0.3, 0.4) is 0 Å². The van der Waals surface area contributed by atoms with E-state index in [9.17, 15) is 9.90 Å². The number of Topliss-reactive ketones (excluding diaryl/α,β-unsaturated/α-hetero) is 1. The van der Waals surface area contributed by atoms with Crippen molar-refractivity contribution >= 4 is 5.78 Å². The zero-order chi connectivity index (χ0) is 8.48. The van der Waals surface area contributed by atoms with Gasteiger partial charge in [-0.25, -0.2) is 0 Å². The van der Waals surface area contributed by atoms with E-state index in [4.69, 9.17) is 0 Å². The largest absolute Gasteiger partial charge is 0.392 e. The Hall–Kier alpha value is -0.370. The fraction of sp³-hybridized carbons (Fsp3) is 0.889. The van der Waals surface area contributed by atoms with Gasteiger partial charge in [-0.05, 0) is 19.8 Å². The maximum absolute atomic E-state index is 11.2. The van der Waals surface area contributed by atoms with Gasteiger partial charge in [-0.3, -0.25) is 4.79 Å². The number of rotatable bonds is 1. The SMILES string of the molecule is CC(=O)[C@@]1(C)CCCC[C@H]1O. The van der Waals surface area contributed by atoms with Crippen molar-refractivity contribution in [1.82, 2.24) is 0 Å². The van der Waals surface area contributed by atoms with Crippen LogP contribution < -0.4 is 0 Å². The molecule has 0 aromatic carbocycles. The Morgan fingerprint density at radius 3 is 2.55 bits per heavy atom. The molecular formula is C9H16O2. The first-order valence-electron chi connectivity index (χ1n) is 4.26. The number of hydrogen-bond donors (Lipinski definition) is 1. The van der Waals surface area contributed by atoms with Crippen molar-refractivity contribution in [2.45, 2.75) is 45.6 Å². The maximum Gasteiger partial charge on any atom is 0.138 e. The van der Waals surface area contributed by atoms with Crippen LogP contribution in [0.25, 0.3) is 0 Å². The molecule has 0 aromatic rings. The monoisotopic (exact) mass is 156 g/mol. The van der Waals surface area contributed by atoms with Crippen molar-refractivity contribution in [3.8, 4) is 0 Å². The van der Waals surface area contributed by atoms with Gasteiger partial charge < -0.3 is 5.11 Å². The molecule has 1 aliphatic carbocycles. The summed E-state index contributed by atoms with van der Waals surface area (Å²) in [5, 5.41) is 9.58. The fourth-order valence-corrected chi connectivity index (χ4v) is 1.73. The van der Waals surface area contributed by atoms with Crippen LogP contribution in [0.5, 0.6) is 0 Å². The van der Waals surface area contributed by atoms with E-state index in [0.29, 0.717) is 0 Å². The molecule has 2 nitrogen and oxygen atoms in total. The molecule has 0 amide bonds. The van der Waals surface area contributed by atoms with Gasteiger partial charge in [0, 0.05) is 0 Å². The Bertz CT molecular complexity index is 165. The van der Waals surface area contributed by atoms with Gasteiger partial charge in [0.15, 0.2) is 0 Å². The fourth-order valence-electron chi connectivity index (χ4n) is 1.73. The van der Waals surface area contributed by atoms with Crippen molar-refractivity contribution in [3.05, 3.63) is 0 Å². The predicted molar refractivity (Wildman–Crippen MR) is 43.3 cm³/mol. The van der Waals surface area contributed by atoms with Crippen LogP contribution in [-0.2, 0) is 4.79 Å². The van der Waals surface area contributed by atoms with E-state index >= 15 is 0 Å². The summed E-state index contributed by atoms with van der Waals surface area (Å²) in [6.45, 7) is 3.45. The van der Waals surface area contributed by atoms with Gasteiger partial charge in [0.2, 0.25) is 0 Å². The van der Waals surface area contributed by atoms with Crippen LogP contribution in [0.4, 0.5) is 0 Å². The molecule has 0 saturated heterocycles. The van der Waals surface area contributed by atoms with Gasteiger partial charge in [-0.2, -0.15) is 0 Å². The highest BCUT2D eigenvalue weighted by molar-refractivity contribution is 5.82. The van der Waals surface area contributed by atoms with Crippen LogP contribution in [-0.4, -0.2) is 17.0 Å². The molecule has 0 heterocycles. The van der Waals surface area contributed by atoms with E-state index in [1.807, 2.05) is 6.92 Å². The Morgan fingerprint density at radius 2 is 2.18 bits per heavy atom. The second kappa shape index (κ2) is 2.94. The van der Waals surface area contributed by atoms with Gasteiger partial charge in [-0.1, -0.05) is 19.8 Å². The summed E-state index contributed by atoms with van der Waals surface area (Å²) in [6.07, 6.45) is 3.37. The number of hydrogen-bond acceptors (Lipinski definition) is 2. The molecule has 64 valence electrons. The molecule has 11 heavy (non-hydrogen) atoms. The first kappa shape index (κ1) is 8.72. The summed E-state index contributed by atoms with van der Waals surface area (Å²) < 4.78 is 0. The van der Waals surface area contributed by atoms with Crippen molar-refractivity contribution in [1.29, 1.82) is 0 Å². The molecule has 0 unspecified atom stereocenters. The first-order valence-corrected chi connectivity index (χ1v) is 4.26. The Morgan fingerprint density at radius 1 is 1.55 bits per heavy atom. The minimum atomic E-state index is -0.446. The molecule has 0 radical (unpaired) electrons. The lowest BCUT2D eigenvalue weighted by Crippen LogP contribution is -2.41. The van der Waals surface area contributed by atoms with Crippen molar-refractivity contribution < 1.29 is 9.90 Å². The van der Waals surface area contributed by atoms with Gasteiger partial charge in [-0.15, -0.1) is 0 Å². The molecule has 1 N–H and O–H groups in total. The average molecular weight is 156 g/mol. The third-order valence-electron chi connectivity index (χ3n) is 2.96. The van der Waals surface area contributed by atoms with Crippen molar-refractivity contribution in [2.24, 2.45) is 5.41 Å². The summed E-state index contributed by atoms with van der Waals surface area (Å²) >= 11 is 0. The molecule has 1 fully saturated rings. The zero-order valence-electron chi connectivity index (χ0n) is 7.26. The van der Waals surface area contributed by atoms with Crippen molar-refractivity contribution in [2.75, 3.05) is 0 Å². The Kier molecular flexibility index (Phi) is 2.33. The van der Waals surface area contributed by atoms with E-state index < -0.39 is 11.5 Å². The predicted octanol–water partition coefficient (Wildman–Crippen LogP) is 1.52. The van der Waals surface area contributed by atoms with Crippen molar-refractivity contribution in [3.63, 3.8) is 0 Å². The number of aliphatic hydroxyl groups is 1. The summed E-state index contributed by atoms with van der Waals surface area (Å²) in [5.41, 5.74) is -0.446. The van der Waals surface area contributed by atoms with Gasteiger partial charge in [0.25, 0.3) is 0 Å². The highest BCUT2D eigenvalue weighted by Gasteiger charge is 2.39. The van der Waals surface area contributed by atoms with E-state index in [0.717, 1.165) is 25.7 Å². The second-order valence-corrected chi connectivity index (χ2v) is 3.74. The lowest BCUT2D eigenvalue weighted by molar-refractivity contribution is -0.134. The standard InChI is InChI=1S/C9H16O2/c1-7(10)9(2)6-4-3-5-8(9)11/h8,11H,3-6H2,1-2H3/t8-,9-/m1/s1. The molecule has 2 heteroatoms. The highest BCUT2D eigenvalue weighted by Crippen LogP contribution is 2.36. The molecule has 0 bridgehead atoms. The molecule has 1 saturated carbocycles. The molecule has 0 aromatic heterocycles. The summed E-state index contributed by atoms with van der Waals surface area (Å²) in [7, 11) is 0. The normalized spacial score (nSPS) is 38.6. The second-order valence-electron chi connectivity index (χ2n) is 3.74. The van der Waals surface area contributed by atoms with Gasteiger partial charge >= 0.3 is 0 Å². The van der Waals surface area contributed by atoms with E-state index in [-0.39, 0.29) is 5.78 Å². The number of aliphatic hydroxyl groups excluding tert-OH is 1. The smallest absolute Gasteiger partial charge is 0.138 e. The van der Waals surface area contributed by atoms with Crippen LogP contribution in [0, 0.1) is 5.41 Å². The molecule has 1 rings (SSSR count). The Labute approximate surface area is 67.6 Å². The third-order valence-corrected chi connectivity index (χ3v) is 2.96. The van der Waals surface area contributed by atoms with E-state index in [1.54, 1.807) is 6.92 Å². The van der Waals surface area contributed by atoms with E-state index in [1.165, 1.54) is 0 Å². The minimum Gasteiger partial charge on any atom is -0.392 e. The number of carbonyl (C=O) groups is 1.